The lowest BCUT2D eigenvalue weighted by Crippen LogP contribution is -2.43. The molecule has 1 aliphatic rings. The van der Waals surface area contributed by atoms with Gasteiger partial charge < -0.3 is 10.0 Å². The molecule has 1 N–H and O–H groups in total. The van der Waals surface area contributed by atoms with Crippen molar-refractivity contribution in [3.8, 4) is 5.75 Å². The first-order chi connectivity index (χ1) is 7.98. The standard InChI is InChI=1S/C13H18N2O2/c1-13(2)4-3-5-15(9-13)12(17)10-6-11(16)8-14-7-10/h6-8,16H,3-5,9H2,1-2H3. The number of nitrogens with zero attached hydrogens (tertiary/aromatic N) is 2. The molecule has 1 fully saturated rings. The third-order valence-electron chi connectivity index (χ3n) is 3.16. The van der Waals surface area contributed by atoms with Crippen LogP contribution in [0.5, 0.6) is 5.75 Å². The minimum Gasteiger partial charge on any atom is -0.506 e. The van der Waals surface area contributed by atoms with Crippen LogP contribution in [0.25, 0.3) is 0 Å². The van der Waals surface area contributed by atoms with Gasteiger partial charge in [-0.15, -0.1) is 0 Å². The van der Waals surface area contributed by atoms with E-state index < -0.39 is 0 Å². The van der Waals surface area contributed by atoms with E-state index in [9.17, 15) is 9.90 Å². The predicted molar refractivity (Wildman–Crippen MR) is 64.8 cm³/mol. The van der Waals surface area contributed by atoms with E-state index in [1.165, 1.54) is 18.5 Å². The van der Waals surface area contributed by atoms with Gasteiger partial charge in [-0.2, -0.15) is 0 Å². The van der Waals surface area contributed by atoms with Crippen molar-refractivity contribution in [2.24, 2.45) is 5.41 Å². The Labute approximate surface area is 101 Å². The van der Waals surface area contributed by atoms with Crippen molar-refractivity contribution in [1.29, 1.82) is 0 Å². The number of likely N-dealkylation sites (tertiary alicyclic amines) is 1. The Hall–Kier alpha value is -1.58. The summed E-state index contributed by atoms with van der Waals surface area (Å²) < 4.78 is 0. The molecule has 0 radical (unpaired) electrons. The molecule has 92 valence electrons. The van der Waals surface area contributed by atoms with E-state index >= 15 is 0 Å². The van der Waals surface area contributed by atoms with Crippen LogP contribution in [0, 0.1) is 5.41 Å². The molecule has 4 nitrogen and oxygen atoms in total. The molecule has 2 heterocycles. The van der Waals surface area contributed by atoms with Crippen LogP contribution in [-0.2, 0) is 0 Å². The molecule has 0 unspecified atom stereocenters. The highest BCUT2D eigenvalue weighted by Crippen LogP contribution is 2.29. The van der Waals surface area contributed by atoms with E-state index in [0.717, 1.165) is 25.9 Å². The first kappa shape index (κ1) is 11.9. The lowest BCUT2D eigenvalue weighted by molar-refractivity contribution is 0.0582. The highest BCUT2D eigenvalue weighted by molar-refractivity contribution is 5.94. The molecule has 0 spiro atoms. The second-order valence-electron chi connectivity index (χ2n) is 5.43. The highest BCUT2D eigenvalue weighted by atomic mass is 16.3. The summed E-state index contributed by atoms with van der Waals surface area (Å²) in [5, 5.41) is 9.33. The molecule has 1 aromatic rings. The lowest BCUT2D eigenvalue weighted by atomic mass is 9.84. The third kappa shape index (κ3) is 2.75. The van der Waals surface area contributed by atoms with Crippen LogP contribution in [0.3, 0.4) is 0 Å². The number of carbonyl (C=O) groups excluding carboxylic acids is 1. The van der Waals surface area contributed by atoms with Crippen molar-refractivity contribution in [1.82, 2.24) is 9.88 Å². The molecule has 0 saturated carbocycles. The summed E-state index contributed by atoms with van der Waals surface area (Å²) in [6.07, 6.45) is 5.01. The Morgan fingerprint density at radius 3 is 2.88 bits per heavy atom. The van der Waals surface area contributed by atoms with E-state index in [-0.39, 0.29) is 17.1 Å². The van der Waals surface area contributed by atoms with E-state index in [1.807, 2.05) is 4.90 Å². The van der Waals surface area contributed by atoms with Crippen LogP contribution in [0.1, 0.15) is 37.0 Å². The number of hydrogen-bond donors (Lipinski definition) is 1. The van der Waals surface area contributed by atoms with Crippen LogP contribution in [0.15, 0.2) is 18.5 Å². The number of piperidine rings is 1. The Kier molecular flexibility index (Phi) is 3.05. The molecule has 0 aliphatic carbocycles. The monoisotopic (exact) mass is 234 g/mol. The van der Waals surface area contributed by atoms with E-state index in [2.05, 4.69) is 18.8 Å². The zero-order valence-corrected chi connectivity index (χ0v) is 10.3. The summed E-state index contributed by atoms with van der Waals surface area (Å²) in [4.78, 5) is 17.9. The van der Waals surface area contributed by atoms with Crippen molar-refractivity contribution in [2.45, 2.75) is 26.7 Å². The smallest absolute Gasteiger partial charge is 0.255 e. The Bertz CT molecular complexity index is 429. The molecule has 1 aromatic heterocycles. The lowest BCUT2D eigenvalue weighted by Gasteiger charge is -2.38. The van der Waals surface area contributed by atoms with Crippen LogP contribution in [-0.4, -0.2) is 34.0 Å². The molecule has 1 amide bonds. The molecule has 1 aliphatic heterocycles. The van der Waals surface area contributed by atoms with Gasteiger partial charge in [0.1, 0.15) is 5.75 Å². The van der Waals surface area contributed by atoms with Crippen molar-refractivity contribution in [2.75, 3.05) is 13.1 Å². The number of aromatic hydroxyl groups is 1. The number of hydrogen-bond acceptors (Lipinski definition) is 3. The largest absolute Gasteiger partial charge is 0.506 e. The third-order valence-corrected chi connectivity index (χ3v) is 3.16. The average molecular weight is 234 g/mol. The summed E-state index contributed by atoms with van der Waals surface area (Å²) in [6.45, 7) is 5.90. The second-order valence-corrected chi connectivity index (χ2v) is 5.43. The van der Waals surface area contributed by atoms with Crippen LogP contribution >= 0.6 is 0 Å². The summed E-state index contributed by atoms with van der Waals surface area (Å²) in [5.74, 6) is -0.00621. The number of carbonyl (C=O) groups is 1. The quantitative estimate of drug-likeness (QED) is 0.809. The van der Waals surface area contributed by atoms with Gasteiger partial charge in [0.25, 0.3) is 5.91 Å². The van der Waals surface area contributed by atoms with Crippen LogP contribution < -0.4 is 0 Å². The van der Waals surface area contributed by atoms with Gasteiger partial charge in [0.2, 0.25) is 0 Å². The van der Waals surface area contributed by atoms with E-state index in [1.54, 1.807) is 0 Å². The molecule has 0 aromatic carbocycles. The molecule has 4 heteroatoms. The maximum Gasteiger partial charge on any atom is 0.255 e. The van der Waals surface area contributed by atoms with Crippen LogP contribution in [0.2, 0.25) is 0 Å². The fraction of sp³-hybridized carbons (Fsp3) is 0.538. The van der Waals surface area contributed by atoms with Gasteiger partial charge in [-0.3, -0.25) is 9.78 Å². The zero-order chi connectivity index (χ0) is 12.5. The Morgan fingerprint density at radius 1 is 1.47 bits per heavy atom. The first-order valence-corrected chi connectivity index (χ1v) is 5.91. The normalized spacial score (nSPS) is 19.1. The van der Waals surface area contributed by atoms with Crippen molar-refractivity contribution in [3.63, 3.8) is 0 Å². The summed E-state index contributed by atoms with van der Waals surface area (Å²) in [7, 11) is 0. The van der Waals surface area contributed by atoms with Crippen molar-refractivity contribution >= 4 is 5.91 Å². The molecule has 17 heavy (non-hydrogen) atoms. The van der Waals surface area contributed by atoms with Gasteiger partial charge in [-0.05, 0) is 24.3 Å². The van der Waals surface area contributed by atoms with Crippen LogP contribution in [0.4, 0.5) is 0 Å². The highest BCUT2D eigenvalue weighted by Gasteiger charge is 2.29. The van der Waals surface area contributed by atoms with Gasteiger partial charge in [0.05, 0.1) is 11.8 Å². The van der Waals surface area contributed by atoms with E-state index in [4.69, 9.17) is 0 Å². The molecular weight excluding hydrogens is 216 g/mol. The SMILES string of the molecule is CC1(C)CCCN(C(=O)c2cncc(O)c2)C1. The maximum atomic E-state index is 12.2. The zero-order valence-electron chi connectivity index (χ0n) is 10.3. The van der Waals surface area contributed by atoms with Gasteiger partial charge in [-0.1, -0.05) is 13.8 Å². The number of aromatic nitrogens is 1. The Morgan fingerprint density at radius 2 is 2.24 bits per heavy atom. The molecule has 0 bridgehead atoms. The van der Waals surface area contributed by atoms with E-state index in [0.29, 0.717) is 5.56 Å². The maximum absolute atomic E-state index is 12.2. The van der Waals surface area contributed by atoms with Gasteiger partial charge in [0.15, 0.2) is 0 Å². The number of amides is 1. The number of rotatable bonds is 1. The summed E-state index contributed by atoms with van der Waals surface area (Å²) >= 11 is 0. The number of pyridine rings is 1. The summed E-state index contributed by atoms with van der Waals surface area (Å²) in [6, 6.07) is 1.47. The topological polar surface area (TPSA) is 53.4 Å². The fourth-order valence-corrected chi connectivity index (χ4v) is 2.32. The van der Waals surface area contributed by atoms with Gasteiger partial charge in [-0.25, -0.2) is 0 Å². The minimum absolute atomic E-state index is 0.0344. The summed E-state index contributed by atoms with van der Waals surface area (Å²) in [5.41, 5.74) is 0.640. The second kappa shape index (κ2) is 4.35. The molecular formula is C13H18N2O2. The Balaban J connectivity index is 2.15. The van der Waals surface area contributed by atoms with Crippen molar-refractivity contribution in [3.05, 3.63) is 24.0 Å². The first-order valence-electron chi connectivity index (χ1n) is 5.91. The predicted octanol–water partition coefficient (Wildman–Crippen LogP) is 2.05. The minimum atomic E-state index is -0.0406. The van der Waals surface area contributed by atoms with Gasteiger partial charge >= 0.3 is 0 Å². The van der Waals surface area contributed by atoms with Gasteiger partial charge in [0, 0.05) is 19.3 Å². The average Bonchev–Trinajstić information content (AvgIpc) is 2.26. The van der Waals surface area contributed by atoms with Crippen molar-refractivity contribution < 1.29 is 9.90 Å². The molecule has 0 atom stereocenters. The fourth-order valence-electron chi connectivity index (χ4n) is 2.32. The molecule has 1 saturated heterocycles. The molecule has 2 rings (SSSR count).